The Balaban J connectivity index is 1.67. The summed E-state index contributed by atoms with van der Waals surface area (Å²) >= 11 is 7.83. The van der Waals surface area contributed by atoms with Crippen LogP contribution in [0.3, 0.4) is 0 Å². The SMILES string of the molecule is Cc1c(Cl)cccc1-n1c(SCC(=O)N2C(C)CCCC2C)nnc1-c1ccncc1. The number of piperidine rings is 1. The molecule has 8 heteroatoms. The van der Waals surface area contributed by atoms with Crippen molar-refractivity contribution >= 4 is 29.3 Å². The lowest BCUT2D eigenvalue weighted by molar-refractivity contribution is -0.134. The topological polar surface area (TPSA) is 63.9 Å². The third-order valence-electron chi connectivity index (χ3n) is 5.86. The van der Waals surface area contributed by atoms with Crippen LogP contribution in [-0.2, 0) is 4.79 Å². The van der Waals surface area contributed by atoms with E-state index < -0.39 is 0 Å². The van der Waals surface area contributed by atoms with E-state index in [1.165, 1.54) is 18.2 Å². The van der Waals surface area contributed by atoms with Gasteiger partial charge in [0.15, 0.2) is 11.0 Å². The summed E-state index contributed by atoms with van der Waals surface area (Å²) in [5.74, 6) is 1.16. The molecular weight excluding hydrogens is 430 g/mol. The molecule has 4 rings (SSSR count). The minimum atomic E-state index is 0.146. The van der Waals surface area contributed by atoms with Gasteiger partial charge in [-0.25, -0.2) is 0 Å². The fraction of sp³-hybridized carbons (Fsp3) is 0.391. The molecule has 1 aromatic carbocycles. The van der Waals surface area contributed by atoms with Gasteiger partial charge in [-0.3, -0.25) is 14.3 Å². The number of pyridine rings is 1. The van der Waals surface area contributed by atoms with Crippen LogP contribution in [0.2, 0.25) is 5.02 Å². The zero-order valence-electron chi connectivity index (χ0n) is 18.0. The molecule has 0 spiro atoms. The van der Waals surface area contributed by atoms with Gasteiger partial charge < -0.3 is 4.90 Å². The highest BCUT2D eigenvalue weighted by atomic mass is 35.5. The molecule has 1 fully saturated rings. The first-order chi connectivity index (χ1) is 15.0. The lowest BCUT2D eigenvalue weighted by Crippen LogP contribution is -2.48. The van der Waals surface area contributed by atoms with Crippen LogP contribution in [-0.4, -0.2) is 48.4 Å². The number of rotatable bonds is 5. The van der Waals surface area contributed by atoms with Crippen LogP contribution >= 0.6 is 23.4 Å². The Kier molecular flexibility index (Phi) is 6.62. The molecule has 2 unspecified atom stereocenters. The van der Waals surface area contributed by atoms with Gasteiger partial charge in [0.2, 0.25) is 5.91 Å². The zero-order chi connectivity index (χ0) is 22.0. The van der Waals surface area contributed by atoms with Gasteiger partial charge in [-0.05, 0) is 69.9 Å². The fourth-order valence-electron chi connectivity index (χ4n) is 4.22. The van der Waals surface area contributed by atoms with Gasteiger partial charge in [-0.15, -0.1) is 10.2 Å². The van der Waals surface area contributed by atoms with Crippen molar-refractivity contribution in [2.75, 3.05) is 5.75 Å². The number of amides is 1. The summed E-state index contributed by atoms with van der Waals surface area (Å²) in [4.78, 5) is 19.2. The van der Waals surface area contributed by atoms with E-state index in [4.69, 9.17) is 11.6 Å². The van der Waals surface area contributed by atoms with Crippen molar-refractivity contribution in [2.45, 2.75) is 57.3 Å². The van der Waals surface area contributed by atoms with Gasteiger partial charge in [-0.2, -0.15) is 0 Å². The highest BCUT2D eigenvalue weighted by Crippen LogP contribution is 2.32. The Morgan fingerprint density at radius 3 is 2.55 bits per heavy atom. The number of likely N-dealkylation sites (tertiary alicyclic amines) is 1. The van der Waals surface area contributed by atoms with Crippen molar-refractivity contribution in [2.24, 2.45) is 0 Å². The molecule has 1 saturated heterocycles. The fourth-order valence-corrected chi connectivity index (χ4v) is 5.20. The van der Waals surface area contributed by atoms with E-state index >= 15 is 0 Å². The van der Waals surface area contributed by atoms with E-state index in [0.717, 1.165) is 29.7 Å². The molecular formula is C23H26ClN5OS. The molecule has 0 bridgehead atoms. The number of nitrogens with zero attached hydrogens (tertiary/aromatic N) is 5. The first-order valence-corrected chi connectivity index (χ1v) is 11.9. The molecule has 2 aromatic heterocycles. The summed E-state index contributed by atoms with van der Waals surface area (Å²) in [6.07, 6.45) is 6.76. The van der Waals surface area contributed by atoms with Crippen LogP contribution in [0.25, 0.3) is 17.1 Å². The monoisotopic (exact) mass is 455 g/mol. The van der Waals surface area contributed by atoms with E-state index in [9.17, 15) is 4.79 Å². The standard InChI is InChI=1S/C23H26ClN5OS/c1-15-6-4-7-16(2)28(15)21(30)14-31-23-27-26-22(18-10-12-25-13-11-18)29(23)20-9-5-8-19(24)17(20)3/h5,8-13,15-16H,4,6-7,14H2,1-3H3. The van der Waals surface area contributed by atoms with Crippen molar-refractivity contribution in [1.29, 1.82) is 0 Å². The number of halogens is 1. The molecule has 0 radical (unpaired) electrons. The van der Waals surface area contributed by atoms with E-state index in [2.05, 4.69) is 29.0 Å². The Morgan fingerprint density at radius 2 is 1.84 bits per heavy atom. The zero-order valence-corrected chi connectivity index (χ0v) is 19.5. The van der Waals surface area contributed by atoms with Crippen molar-refractivity contribution < 1.29 is 4.79 Å². The van der Waals surface area contributed by atoms with Crippen LogP contribution in [0.5, 0.6) is 0 Å². The molecule has 1 aliphatic rings. The molecule has 2 atom stereocenters. The summed E-state index contributed by atoms with van der Waals surface area (Å²) in [5.41, 5.74) is 2.74. The third-order valence-corrected chi connectivity index (χ3v) is 7.18. The largest absolute Gasteiger partial charge is 0.337 e. The summed E-state index contributed by atoms with van der Waals surface area (Å²) in [5, 5.41) is 10.2. The van der Waals surface area contributed by atoms with Crippen LogP contribution in [0.1, 0.15) is 38.7 Å². The summed E-state index contributed by atoms with van der Waals surface area (Å²) < 4.78 is 1.98. The Labute approximate surface area is 192 Å². The number of carbonyl (C=O) groups is 1. The number of benzene rings is 1. The van der Waals surface area contributed by atoms with E-state index in [-0.39, 0.29) is 18.0 Å². The van der Waals surface area contributed by atoms with Gasteiger partial charge in [0, 0.05) is 35.1 Å². The average Bonchev–Trinajstić information content (AvgIpc) is 3.18. The van der Waals surface area contributed by atoms with Gasteiger partial charge in [-0.1, -0.05) is 29.4 Å². The number of thioether (sulfide) groups is 1. The lowest BCUT2D eigenvalue weighted by Gasteiger charge is -2.39. The molecule has 3 heterocycles. The predicted octanol–water partition coefficient (Wildman–Crippen LogP) is 5.17. The van der Waals surface area contributed by atoms with Gasteiger partial charge >= 0.3 is 0 Å². The normalized spacial score (nSPS) is 18.9. The lowest BCUT2D eigenvalue weighted by atomic mass is 9.98. The highest BCUT2D eigenvalue weighted by Gasteiger charge is 2.29. The molecule has 1 aliphatic heterocycles. The molecule has 162 valence electrons. The van der Waals surface area contributed by atoms with Crippen molar-refractivity contribution in [1.82, 2.24) is 24.6 Å². The average molecular weight is 456 g/mol. The van der Waals surface area contributed by atoms with E-state index in [0.29, 0.717) is 21.8 Å². The Morgan fingerprint density at radius 1 is 1.13 bits per heavy atom. The van der Waals surface area contributed by atoms with Crippen LogP contribution in [0.15, 0.2) is 47.9 Å². The summed E-state index contributed by atoms with van der Waals surface area (Å²) in [6.45, 7) is 6.25. The van der Waals surface area contributed by atoms with Crippen molar-refractivity contribution in [3.63, 3.8) is 0 Å². The molecule has 0 aliphatic carbocycles. The van der Waals surface area contributed by atoms with Gasteiger partial charge in [0.25, 0.3) is 0 Å². The maximum atomic E-state index is 13.1. The molecule has 1 amide bonds. The number of carbonyl (C=O) groups excluding carboxylic acids is 1. The highest BCUT2D eigenvalue weighted by molar-refractivity contribution is 7.99. The second-order valence-electron chi connectivity index (χ2n) is 7.98. The molecule has 31 heavy (non-hydrogen) atoms. The van der Waals surface area contributed by atoms with E-state index in [1.807, 2.05) is 46.7 Å². The third kappa shape index (κ3) is 4.48. The quantitative estimate of drug-likeness (QED) is 0.496. The number of hydrogen-bond acceptors (Lipinski definition) is 5. The van der Waals surface area contributed by atoms with E-state index in [1.54, 1.807) is 12.4 Å². The molecule has 3 aromatic rings. The number of aromatic nitrogens is 4. The molecule has 0 N–H and O–H groups in total. The molecule has 6 nitrogen and oxygen atoms in total. The summed E-state index contributed by atoms with van der Waals surface area (Å²) in [6, 6.07) is 10.1. The minimum absolute atomic E-state index is 0.146. The molecule has 0 saturated carbocycles. The van der Waals surface area contributed by atoms with Gasteiger partial charge in [0.05, 0.1) is 11.4 Å². The Hall–Kier alpha value is -2.38. The summed E-state index contributed by atoms with van der Waals surface area (Å²) in [7, 11) is 0. The van der Waals surface area contributed by atoms with Crippen LogP contribution < -0.4 is 0 Å². The van der Waals surface area contributed by atoms with Crippen molar-refractivity contribution in [3.8, 4) is 17.1 Å². The van der Waals surface area contributed by atoms with Gasteiger partial charge in [0.1, 0.15) is 0 Å². The number of hydrogen-bond donors (Lipinski definition) is 0. The minimum Gasteiger partial charge on any atom is -0.337 e. The maximum Gasteiger partial charge on any atom is 0.233 e. The first kappa shape index (κ1) is 21.8. The predicted molar refractivity (Wildman–Crippen MR) is 125 cm³/mol. The van der Waals surface area contributed by atoms with Crippen molar-refractivity contribution in [3.05, 3.63) is 53.3 Å². The second kappa shape index (κ2) is 9.40. The first-order valence-electron chi connectivity index (χ1n) is 10.5. The van der Waals surface area contributed by atoms with Crippen LogP contribution in [0.4, 0.5) is 0 Å². The van der Waals surface area contributed by atoms with Crippen LogP contribution in [0, 0.1) is 6.92 Å². The smallest absolute Gasteiger partial charge is 0.233 e. The second-order valence-corrected chi connectivity index (χ2v) is 9.33. The Bertz CT molecular complexity index is 1060. The maximum absolute atomic E-state index is 13.1.